The number of carbonyl (C=O) groups excluding carboxylic acids is 1. The van der Waals surface area contributed by atoms with Crippen molar-refractivity contribution in [1.29, 1.82) is 0 Å². The Morgan fingerprint density at radius 1 is 1.30 bits per heavy atom. The largest absolute Gasteiger partial charge is 0.481 e. The Morgan fingerprint density at radius 3 is 2.56 bits per heavy atom. The van der Waals surface area contributed by atoms with Crippen molar-refractivity contribution in [3.8, 4) is 0 Å². The van der Waals surface area contributed by atoms with Gasteiger partial charge in [0, 0.05) is 19.6 Å². The van der Waals surface area contributed by atoms with Gasteiger partial charge in [-0.3, -0.25) is 19.2 Å². The molecule has 2 fully saturated rings. The Labute approximate surface area is 159 Å². The standard InChI is InChI=1S/C19H30N4O4/c1-4-23-13(3)17(12(2)21-23)20-16(25)10-22-8-7-15(24)19(11-22,18(26)27)9-14-5-6-14/h14-15,24H,4-11H2,1-3H3,(H,20,25)(H,26,27)/t15-,19+/m1/s1. The Balaban J connectivity index is 1.67. The Hall–Kier alpha value is -1.93. The lowest BCUT2D eigenvalue weighted by Gasteiger charge is -2.43. The van der Waals surface area contributed by atoms with Crippen molar-refractivity contribution in [3.63, 3.8) is 0 Å². The number of hydrogen-bond donors (Lipinski definition) is 3. The highest BCUT2D eigenvalue weighted by Crippen LogP contribution is 2.45. The van der Waals surface area contributed by atoms with Gasteiger partial charge in [0.2, 0.25) is 5.91 Å². The van der Waals surface area contributed by atoms with Gasteiger partial charge in [-0.25, -0.2) is 0 Å². The molecule has 8 nitrogen and oxygen atoms in total. The van der Waals surface area contributed by atoms with Crippen molar-refractivity contribution in [2.75, 3.05) is 25.0 Å². The van der Waals surface area contributed by atoms with Gasteiger partial charge in [-0.05, 0) is 39.5 Å². The van der Waals surface area contributed by atoms with Crippen LogP contribution in [0, 0.1) is 25.2 Å². The third-order valence-electron chi connectivity index (χ3n) is 5.95. The zero-order valence-electron chi connectivity index (χ0n) is 16.4. The molecule has 0 bridgehead atoms. The molecule has 0 unspecified atom stereocenters. The van der Waals surface area contributed by atoms with Gasteiger partial charge in [0.05, 0.1) is 29.7 Å². The number of aliphatic carboxylic acids is 1. The molecule has 2 heterocycles. The van der Waals surface area contributed by atoms with Crippen LogP contribution in [0.15, 0.2) is 0 Å². The number of anilines is 1. The van der Waals surface area contributed by atoms with Crippen molar-refractivity contribution in [2.24, 2.45) is 11.3 Å². The quantitative estimate of drug-likeness (QED) is 0.662. The van der Waals surface area contributed by atoms with E-state index in [2.05, 4.69) is 10.4 Å². The summed E-state index contributed by atoms with van der Waals surface area (Å²) in [4.78, 5) is 26.4. The fourth-order valence-electron chi connectivity index (χ4n) is 4.20. The molecule has 1 aromatic rings. The second-order valence-electron chi connectivity index (χ2n) is 8.03. The number of aliphatic hydroxyl groups is 1. The fraction of sp³-hybridized carbons (Fsp3) is 0.737. The van der Waals surface area contributed by atoms with E-state index in [1.54, 1.807) is 0 Å². The molecule has 3 rings (SSSR count). The lowest BCUT2D eigenvalue weighted by atomic mass is 9.73. The van der Waals surface area contributed by atoms with Gasteiger partial charge in [0.15, 0.2) is 0 Å². The first-order chi connectivity index (χ1) is 12.8. The van der Waals surface area contributed by atoms with Crippen LogP contribution in [0.5, 0.6) is 0 Å². The minimum absolute atomic E-state index is 0.114. The molecule has 1 aliphatic carbocycles. The summed E-state index contributed by atoms with van der Waals surface area (Å²) in [5.41, 5.74) is 1.23. The third kappa shape index (κ3) is 4.01. The average molecular weight is 378 g/mol. The van der Waals surface area contributed by atoms with Crippen LogP contribution in [0.2, 0.25) is 0 Å². The summed E-state index contributed by atoms with van der Waals surface area (Å²) in [6.45, 7) is 7.34. The Kier molecular flexibility index (Phi) is 5.58. The Morgan fingerprint density at radius 2 is 2.00 bits per heavy atom. The van der Waals surface area contributed by atoms with E-state index in [0.717, 1.165) is 36.5 Å². The molecular formula is C19H30N4O4. The minimum Gasteiger partial charge on any atom is -0.481 e. The topological polar surface area (TPSA) is 108 Å². The van der Waals surface area contributed by atoms with Crippen LogP contribution < -0.4 is 5.32 Å². The highest BCUT2D eigenvalue weighted by molar-refractivity contribution is 5.93. The molecule has 0 radical (unpaired) electrons. The monoisotopic (exact) mass is 378 g/mol. The number of aromatic nitrogens is 2. The zero-order chi connectivity index (χ0) is 19.8. The van der Waals surface area contributed by atoms with Gasteiger partial charge in [0.25, 0.3) is 0 Å². The van der Waals surface area contributed by atoms with Gasteiger partial charge in [-0.15, -0.1) is 0 Å². The lowest BCUT2D eigenvalue weighted by molar-refractivity contribution is -0.165. The summed E-state index contributed by atoms with van der Waals surface area (Å²) < 4.78 is 1.84. The highest BCUT2D eigenvalue weighted by Gasteiger charge is 2.51. The number of carboxylic acids is 1. The predicted molar refractivity (Wildman–Crippen MR) is 100 cm³/mol. The fourth-order valence-corrected chi connectivity index (χ4v) is 4.20. The van der Waals surface area contributed by atoms with E-state index >= 15 is 0 Å². The second-order valence-corrected chi connectivity index (χ2v) is 8.03. The summed E-state index contributed by atoms with van der Waals surface area (Å²) in [6, 6.07) is 0. The number of hydrogen-bond acceptors (Lipinski definition) is 5. The first-order valence-electron chi connectivity index (χ1n) is 9.74. The maximum Gasteiger partial charge on any atom is 0.313 e. The van der Waals surface area contributed by atoms with E-state index in [0.29, 0.717) is 25.3 Å². The molecule has 8 heteroatoms. The molecule has 0 aromatic carbocycles. The van der Waals surface area contributed by atoms with Crippen molar-refractivity contribution >= 4 is 17.6 Å². The molecule has 27 heavy (non-hydrogen) atoms. The van der Waals surface area contributed by atoms with E-state index in [1.165, 1.54) is 0 Å². The van der Waals surface area contributed by atoms with Crippen LogP contribution >= 0.6 is 0 Å². The number of rotatable bonds is 7. The van der Waals surface area contributed by atoms with Crippen molar-refractivity contribution < 1.29 is 19.8 Å². The number of carbonyl (C=O) groups is 2. The van der Waals surface area contributed by atoms with E-state index in [9.17, 15) is 19.8 Å². The number of piperidine rings is 1. The van der Waals surface area contributed by atoms with Crippen LogP contribution in [0.4, 0.5) is 5.69 Å². The molecule has 1 aliphatic heterocycles. The minimum atomic E-state index is -1.17. The van der Waals surface area contributed by atoms with E-state index in [4.69, 9.17) is 0 Å². The van der Waals surface area contributed by atoms with E-state index in [-0.39, 0.29) is 19.0 Å². The van der Waals surface area contributed by atoms with Crippen molar-refractivity contribution in [1.82, 2.24) is 14.7 Å². The summed E-state index contributed by atoms with van der Waals surface area (Å²) in [7, 11) is 0. The summed E-state index contributed by atoms with van der Waals surface area (Å²) in [5, 5.41) is 27.6. The smallest absolute Gasteiger partial charge is 0.313 e. The van der Waals surface area contributed by atoms with Gasteiger partial charge < -0.3 is 15.5 Å². The molecule has 1 saturated heterocycles. The Bertz CT molecular complexity index is 728. The zero-order valence-corrected chi connectivity index (χ0v) is 16.4. The SMILES string of the molecule is CCn1nc(C)c(NC(=O)CN2CC[C@@H](O)[C@@](CC3CC3)(C(=O)O)C2)c1C. The van der Waals surface area contributed by atoms with E-state index < -0.39 is 17.5 Å². The van der Waals surface area contributed by atoms with Crippen LogP contribution in [0.25, 0.3) is 0 Å². The molecule has 1 aromatic heterocycles. The number of carboxylic acid groups (broad SMARTS) is 1. The molecule has 1 saturated carbocycles. The van der Waals surface area contributed by atoms with Crippen molar-refractivity contribution in [2.45, 2.75) is 59.1 Å². The van der Waals surface area contributed by atoms with Crippen LogP contribution in [-0.4, -0.2) is 62.5 Å². The number of aliphatic hydroxyl groups excluding tert-OH is 1. The third-order valence-corrected chi connectivity index (χ3v) is 5.95. The van der Waals surface area contributed by atoms with E-state index in [1.807, 2.05) is 30.4 Å². The normalized spacial score (nSPS) is 26.1. The second kappa shape index (κ2) is 7.59. The molecule has 150 valence electrons. The number of amides is 1. The number of nitrogens with one attached hydrogen (secondary N) is 1. The summed E-state index contributed by atoms with van der Waals surface area (Å²) in [5.74, 6) is -0.753. The maximum absolute atomic E-state index is 12.6. The average Bonchev–Trinajstić information content (AvgIpc) is 3.38. The van der Waals surface area contributed by atoms with Gasteiger partial charge >= 0.3 is 5.97 Å². The van der Waals surface area contributed by atoms with Crippen molar-refractivity contribution in [3.05, 3.63) is 11.4 Å². The van der Waals surface area contributed by atoms with Gasteiger partial charge in [-0.1, -0.05) is 12.8 Å². The molecule has 2 atom stereocenters. The highest BCUT2D eigenvalue weighted by atomic mass is 16.4. The first kappa shape index (κ1) is 19.8. The first-order valence-corrected chi connectivity index (χ1v) is 9.74. The van der Waals surface area contributed by atoms with Crippen LogP contribution in [0.1, 0.15) is 44.0 Å². The summed E-state index contributed by atoms with van der Waals surface area (Å²) in [6.07, 6.45) is 2.06. The molecule has 1 amide bonds. The lowest BCUT2D eigenvalue weighted by Crippen LogP contribution is -2.57. The van der Waals surface area contributed by atoms with Gasteiger partial charge in [-0.2, -0.15) is 5.10 Å². The number of nitrogens with zero attached hydrogens (tertiary/aromatic N) is 3. The number of aryl methyl sites for hydroxylation is 2. The number of likely N-dealkylation sites (tertiary alicyclic amines) is 1. The predicted octanol–water partition coefficient (Wildman–Crippen LogP) is 1.40. The maximum atomic E-state index is 12.6. The molecule has 2 aliphatic rings. The summed E-state index contributed by atoms with van der Waals surface area (Å²) >= 11 is 0. The molecule has 3 N–H and O–H groups in total. The van der Waals surface area contributed by atoms with Crippen LogP contribution in [0.3, 0.4) is 0 Å². The molecule has 0 spiro atoms. The van der Waals surface area contributed by atoms with Gasteiger partial charge in [0.1, 0.15) is 5.41 Å². The van der Waals surface area contributed by atoms with Crippen LogP contribution in [-0.2, 0) is 16.1 Å². The molecular weight excluding hydrogens is 348 g/mol.